The average Bonchev–Trinajstić information content (AvgIpc) is 2.62. The van der Waals surface area contributed by atoms with Crippen LogP contribution in [-0.2, 0) is 0 Å². The molecule has 1 N–H and O–H groups in total. The van der Waals surface area contributed by atoms with Crippen molar-refractivity contribution in [3.8, 4) is 17.2 Å². The monoisotopic (exact) mass is 328 g/mol. The van der Waals surface area contributed by atoms with E-state index < -0.39 is 0 Å². The van der Waals surface area contributed by atoms with Gasteiger partial charge >= 0.3 is 0 Å². The van der Waals surface area contributed by atoms with Crippen LogP contribution in [0, 0.1) is 0 Å². The fraction of sp³-hybridized carbons (Fsp3) is 0.222. The van der Waals surface area contributed by atoms with Gasteiger partial charge in [-0.2, -0.15) is 5.10 Å². The van der Waals surface area contributed by atoms with Crippen molar-refractivity contribution in [1.82, 2.24) is 5.43 Å². The van der Waals surface area contributed by atoms with Crippen LogP contribution in [0.4, 0.5) is 0 Å². The third kappa shape index (κ3) is 4.49. The molecule has 2 rings (SSSR count). The largest absolute Gasteiger partial charge is 0.497 e. The van der Waals surface area contributed by atoms with Crippen LogP contribution < -0.4 is 19.6 Å². The van der Waals surface area contributed by atoms with Gasteiger partial charge in [0.1, 0.15) is 5.75 Å². The maximum Gasteiger partial charge on any atom is 0.271 e. The van der Waals surface area contributed by atoms with E-state index in [9.17, 15) is 4.79 Å². The summed E-state index contributed by atoms with van der Waals surface area (Å²) in [6, 6.07) is 12.3. The summed E-state index contributed by atoms with van der Waals surface area (Å²) in [6.45, 7) is 2.40. The van der Waals surface area contributed by atoms with E-state index in [1.165, 1.54) is 7.11 Å². The number of carbonyl (C=O) groups excluding carboxylic acids is 1. The number of ether oxygens (including phenoxy) is 3. The number of hydrogen-bond acceptors (Lipinski definition) is 5. The first-order valence-corrected chi connectivity index (χ1v) is 7.46. The Bertz CT molecular complexity index is 729. The minimum Gasteiger partial charge on any atom is -0.497 e. The molecule has 0 aromatic heterocycles. The predicted octanol–water partition coefficient (Wildman–Crippen LogP) is 2.87. The van der Waals surface area contributed by atoms with Gasteiger partial charge in [0.05, 0.1) is 27.0 Å². The summed E-state index contributed by atoms with van der Waals surface area (Å²) in [5, 5.41) is 3.96. The zero-order valence-corrected chi connectivity index (χ0v) is 13.9. The van der Waals surface area contributed by atoms with Gasteiger partial charge in [0.2, 0.25) is 0 Å². The van der Waals surface area contributed by atoms with Gasteiger partial charge in [-0.1, -0.05) is 12.1 Å². The maximum absolute atomic E-state index is 12.1. The highest BCUT2D eigenvalue weighted by Crippen LogP contribution is 2.27. The van der Waals surface area contributed by atoms with Crippen molar-refractivity contribution in [2.45, 2.75) is 6.92 Å². The van der Waals surface area contributed by atoms with E-state index in [2.05, 4.69) is 10.5 Å². The normalized spacial score (nSPS) is 10.5. The Morgan fingerprint density at radius 2 is 1.96 bits per heavy atom. The molecule has 1 amide bonds. The van der Waals surface area contributed by atoms with Crippen molar-refractivity contribution in [1.29, 1.82) is 0 Å². The molecule has 0 saturated carbocycles. The molecule has 2 aromatic rings. The van der Waals surface area contributed by atoms with Crippen LogP contribution in [0.25, 0.3) is 0 Å². The van der Waals surface area contributed by atoms with Crippen LogP contribution in [0.5, 0.6) is 17.2 Å². The number of nitrogens with one attached hydrogen (secondary N) is 1. The molecule has 6 nitrogen and oxygen atoms in total. The molecule has 0 bridgehead atoms. The first-order valence-electron chi connectivity index (χ1n) is 7.46. The van der Waals surface area contributed by atoms with Crippen LogP contribution in [0.2, 0.25) is 0 Å². The lowest BCUT2D eigenvalue weighted by Crippen LogP contribution is -2.17. The van der Waals surface area contributed by atoms with E-state index in [4.69, 9.17) is 14.2 Å². The highest BCUT2D eigenvalue weighted by Gasteiger charge is 2.10. The van der Waals surface area contributed by atoms with E-state index in [0.717, 1.165) is 11.3 Å². The topological polar surface area (TPSA) is 69.2 Å². The number of benzene rings is 2. The highest BCUT2D eigenvalue weighted by atomic mass is 16.5. The second-order valence-electron chi connectivity index (χ2n) is 4.77. The Hall–Kier alpha value is -3.02. The number of carbonyl (C=O) groups is 1. The zero-order chi connectivity index (χ0) is 17.4. The lowest BCUT2D eigenvalue weighted by molar-refractivity contribution is 0.0954. The summed E-state index contributed by atoms with van der Waals surface area (Å²) in [6.07, 6.45) is 1.55. The van der Waals surface area contributed by atoms with Gasteiger partial charge in [0.15, 0.2) is 11.5 Å². The van der Waals surface area contributed by atoms with E-state index in [0.29, 0.717) is 23.7 Å². The Balaban J connectivity index is 2.05. The number of nitrogens with zero attached hydrogens (tertiary/aromatic N) is 1. The Kier molecular flexibility index (Phi) is 6.19. The molecule has 0 aliphatic rings. The Morgan fingerprint density at radius 3 is 2.67 bits per heavy atom. The van der Waals surface area contributed by atoms with Crippen LogP contribution in [0.15, 0.2) is 47.6 Å². The van der Waals surface area contributed by atoms with Crippen molar-refractivity contribution in [2.24, 2.45) is 5.10 Å². The van der Waals surface area contributed by atoms with Gasteiger partial charge in [-0.15, -0.1) is 0 Å². The zero-order valence-electron chi connectivity index (χ0n) is 13.9. The number of hydrogen-bond donors (Lipinski definition) is 1. The maximum atomic E-state index is 12.1. The number of hydrazone groups is 1. The summed E-state index contributed by atoms with van der Waals surface area (Å²) in [5.74, 6) is 1.48. The molecule has 0 heterocycles. The molecule has 0 atom stereocenters. The van der Waals surface area contributed by atoms with Gasteiger partial charge in [-0.3, -0.25) is 4.79 Å². The van der Waals surface area contributed by atoms with Crippen molar-refractivity contribution >= 4 is 12.1 Å². The molecule has 0 spiro atoms. The molecule has 24 heavy (non-hydrogen) atoms. The fourth-order valence-electron chi connectivity index (χ4n) is 2.04. The molecule has 0 saturated heterocycles. The second kappa shape index (κ2) is 8.57. The number of rotatable bonds is 7. The lowest BCUT2D eigenvalue weighted by atomic mass is 10.2. The van der Waals surface area contributed by atoms with Gasteiger partial charge in [0.25, 0.3) is 5.91 Å². The molecule has 2 aromatic carbocycles. The molecule has 0 aliphatic carbocycles. The minimum atomic E-state index is -0.338. The summed E-state index contributed by atoms with van der Waals surface area (Å²) < 4.78 is 15.8. The predicted molar refractivity (Wildman–Crippen MR) is 92.2 cm³/mol. The molecule has 0 radical (unpaired) electrons. The van der Waals surface area contributed by atoms with Crippen LogP contribution in [0.3, 0.4) is 0 Å². The highest BCUT2D eigenvalue weighted by molar-refractivity contribution is 5.95. The summed E-state index contributed by atoms with van der Waals surface area (Å²) in [4.78, 5) is 12.1. The Morgan fingerprint density at radius 1 is 1.12 bits per heavy atom. The SMILES string of the molecule is CCOc1ccc(C(=O)N/N=C\c2cccc(OC)c2)cc1OC. The molecule has 0 aliphatic heterocycles. The molecule has 0 fully saturated rings. The molecule has 126 valence electrons. The van der Waals surface area contributed by atoms with E-state index in [1.807, 2.05) is 31.2 Å². The smallest absolute Gasteiger partial charge is 0.271 e. The summed E-state index contributed by atoms with van der Waals surface area (Å²) >= 11 is 0. The van der Waals surface area contributed by atoms with E-state index >= 15 is 0 Å². The second-order valence-corrected chi connectivity index (χ2v) is 4.77. The van der Waals surface area contributed by atoms with E-state index in [1.54, 1.807) is 31.5 Å². The summed E-state index contributed by atoms with van der Waals surface area (Å²) in [5.41, 5.74) is 3.73. The van der Waals surface area contributed by atoms with Crippen molar-refractivity contribution < 1.29 is 19.0 Å². The van der Waals surface area contributed by atoms with Crippen molar-refractivity contribution in [3.63, 3.8) is 0 Å². The molecule has 0 unspecified atom stereocenters. The molecule has 6 heteroatoms. The van der Waals surface area contributed by atoms with Crippen molar-refractivity contribution in [3.05, 3.63) is 53.6 Å². The third-order valence-electron chi connectivity index (χ3n) is 3.20. The number of amides is 1. The standard InChI is InChI=1S/C18H20N2O4/c1-4-24-16-9-8-14(11-17(16)23-3)18(21)20-19-12-13-6-5-7-15(10-13)22-2/h5-12H,4H2,1-3H3,(H,20,21)/b19-12-. The van der Waals surface area contributed by atoms with Crippen LogP contribution in [-0.4, -0.2) is 32.9 Å². The van der Waals surface area contributed by atoms with Crippen LogP contribution in [0.1, 0.15) is 22.8 Å². The minimum absolute atomic E-state index is 0.338. The first kappa shape index (κ1) is 17.3. The lowest BCUT2D eigenvalue weighted by Gasteiger charge is -2.10. The van der Waals surface area contributed by atoms with Crippen molar-refractivity contribution in [2.75, 3.05) is 20.8 Å². The quantitative estimate of drug-likeness (QED) is 0.627. The summed E-state index contributed by atoms with van der Waals surface area (Å²) in [7, 11) is 3.12. The Labute approximate surface area is 141 Å². The third-order valence-corrected chi connectivity index (χ3v) is 3.20. The molecular formula is C18H20N2O4. The van der Waals surface area contributed by atoms with Gasteiger partial charge in [-0.05, 0) is 42.8 Å². The number of methoxy groups -OCH3 is 2. The molecular weight excluding hydrogens is 308 g/mol. The van der Waals surface area contributed by atoms with Gasteiger partial charge < -0.3 is 14.2 Å². The first-order chi connectivity index (χ1) is 11.7. The fourth-order valence-corrected chi connectivity index (χ4v) is 2.04. The van der Waals surface area contributed by atoms with Crippen LogP contribution >= 0.6 is 0 Å². The van der Waals surface area contributed by atoms with E-state index in [-0.39, 0.29) is 5.91 Å². The van der Waals surface area contributed by atoms with Gasteiger partial charge in [-0.25, -0.2) is 5.43 Å². The van der Waals surface area contributed by atoms with Gasteiger partial charge in [0, 0.05) is 5.56 Å². The average molecular weight is 328 g/mol.